The third-order valence-corrected chi connectivity index (χ3v) is 3.25. The van der Waals surface area contributed by atoms with Gasteiger partial charge in [-0.3, -0.25) is 4.79 Å². The number of hydrogen-bond donors (Lipinski definition) is 1. The van der Waals surface area contributed by atoms with Crippen molar-refractivity contribution < 1.29 is 19.4 Å². The molecule has 0 saturated heterocycles. The van der Waals surface area contributed by atoms with Gasteiger partial charge in [0.05, 0.1) is 19.8 Å². The van der Waals surface area contributed by atoms with Gasteiger partial charge < -0.3 is 14.6 Å². The quantitative estimate of drug-likeness (QED) is 0.676. The van der Waals surface area contributed by atoms with Crippen LogP contribution in [0.15, 0.2) is 42.5 Å². The molecule has 0 radical (unpaired) electrons. The van der Waals surface area contributed by atoms with E-state index in [0.717, 1.165) is 5.56 Å². The van der Waals surface area contributed by atoms with E-state index in [2.05, 4.69) is 0 Å². The molecule has 1 N–H and O–H groups in total. The second-order valence-corrected chi connectivity index (χ2v) is 4.83. The molecule has 0 aliphatic rings. The lowest BCUT2D eigenvalue weighted by atomic mass is 10.1. The van der Waals surface area contributed by atoms with Crippen molar-refractivity contribution in [3.05, 3.63) is 59.2 Å². The molecule has 0 unspecified atom stereocenters. The average Bonchev–Trinajstić information content (AvgIpc) is 2.52. The third-order valence-electron chi connectivity index (χ3n) is 3.25. The minimum absolute atomic E-state index is 0.0324. The summed E-state index contributed by atoms with van der Waals surface area (Å²) in [5.74, 6) is 0.813. The largest absolute Gasteiger partial charge is 0.504 e. The smallest absolute Gasteiger partial charge is 0.189 e. The van der Waals surface area contributed by atoms with Gasteiger partial charge in [-0.05, 0) is 48.4 Å². The van der Waals surface area contributed by atoms with Crippen molar-refractivity contribution in [1.82, 2.24) is 0 Å². The number of methoxy groups -OCH3 is 2. The summed E-state index contributed by atoms with van der Waals surface area (Å²) in [6, 6.07) is 10.4. The molecular formula is C18H18O4. The number of aromatic hydroxyl groups is 1. The third kappa shape index (κ3) is 3.47. The lowest BCUT2D eigenvalue weighted by Gasteiger charge is -2.06. The fourth-order valence-electron chi connectivity index (χ4n) is 2.07. The summed E-state index contributed by atoms with van der Waals surface area (Å²) in [5.41, 5.74) is 2.23. The summed E-state index contributed by atoms with van der Waals surface area (Å²) in [4.78, 5) is 12.3. The molecule has 0 fully saturated rings. The van der Waals surface area contributed by atoms with Crippen LogP contribution in [0.3, 0.4) is 0 Å². The number of aryl methyl sites for hydroxylation is 1. The van der Waals surface area contributed by atoms with Crippen LogP contribution < -0.4 is 9.47 Å². The number of carbonyl (C=O) groups excluding carboxylic acids is 1. The molecule has 0 heterocycles. The maximum Gasteiger partial charge on any atom is 0.189 e. The Morgan fingerprint density at radius 3 is 2.41 bits per heavy atom. The zero-order chi connectivity index (χ0) is 16.1. The molecule has 0 bridgehead atoms. The van der Waals surface area contributed by atoms with Crippen LogP contribution in [0.25, 0.3) is 6.08 Å². The number of phenolic OH excluding ortho intramolecular Hbond substituents is 1. The molecule has 0 saturated carbocycles. The molecule has 0 aromatic heterocycles. The Balaban J connectivity index is 2.23. The normalized spacial score (nSPS) is 10.7. The first-order valence-corrected chi connectivity index (χ1v) is 6.79. The van der Waals surface area contributed by atoms with E-state index in [0.29, 0.717) is 22.6 Å². The van der Waals surface area contributed by atoms with E-state index in [1.165, 1.54) is 26.4 Å². The van der Waals surface area contributed by atoms with Crippen molar-refractivity contribution in [2.75, 3.05) is 14.2 Å². The number of ketones is 1. The summed E-state index contributed by atoms with van der Waals surface area (Å²) >= 11 is 0. The van der Waals surface area contributed by atoms with Gasteiger partial charge in [-0.1, -0.05) is 18.2 Å². The van der Waals surface area contributed by atoms with Crippen LogP contribution in [0.2, 0.25) is 0 Å². The van der Waals surface area contributed by atoms with Gasteiger partial charge in [-0.15, -0.1) is 0 Å². The fraction of sp³-hybridized carbons (Fsp3) is 0.167. The average molecular weight is 298 g/mol. The Kier molecular flexibility index (Phi) is 4.84. The minimum Gasteiger partial charge on any atom is -0.504 e. The Bertz CT molecular complexity index is 717. The topological polar surface area (TPSA) is 55.8 Å². The van der Waals surface area contributed by atoms with Crippen LogP contribution in [0, 0.1) is 6.92 Å². The SMILES string of the molecule is COc1ccc(C=CC(=O)c2ccc(C)cc2OC)cc1O. The van der Waals surface area contributed by atoms with Crippen LogP contribution in [-0.2, 0) is 0 Å². The summed E-state index contributed by atoms with van der Waals surface area (Å²) in [7, 11) is 3.02. The molecule has 0 aliphatic heterocycles. The molecule has 0 atom stereocenters. The summed E-state index contributed by atoms with van der Waals surface area (Å²) in [6.07, 6.45) is 3.09. The van der Waals surface area contributed by atoms with E-state index in [-0.39, 0.29) is 11.5 Å². The van der Waals surface area contributed by atoms with Gasteiger partial charge >= 0.3 is 0 Å². The van der Waals surface area contributed by atoms with Crippen LogP contribution in [0.5, 0.6) is 17.2 Å². The van der Waals surface area contributed by atoms with Crippen molar-refractivity contribution in [2.24, 2.45) is 0 Å². The van der Waals surface area contributed by atoms with Gasteiger partial charge in [0.15, 0.2) is 17.3 Å². The number of carbonyl (C=O) groups is 1. The highest BCUT2D eigenvalue weighted by atomic mass is 16.5. The lowest BCUT2D eigenvalue weighted by molar-refractivity contribution is 0.104. The van der Waals surface area contributed by atoms with Gasteiger partial charge in [0, 0.05) is 0 Å². The number of hydrogen-bond acceptors (Lipinski definition) is 4. The molecule has 4 nitrogen and oxygen atoms in total. The summed E-state index contributed by atoms with van der Waals surface area (Å²) in [5, 5.41) is 9.72. The highest BCUT2D eigenvalue weighted by Gasteiger charge is 2.09. The van der Waals surface area contributed by atoms with Crippen LogP contribution in [0.1, 0.15) is 21.5 Å². The Labute approximate surface area is 129 Å². The van der Waals surface area contributed by atoms with Crippen molar-refractivity contribution in [2.45, 2.75) is 6.92 Å². The van der Waals surface area contributed by atoms with Crippen LogP contribution in [-0.4, -0.2) is 25.1 Å². The Morgan fingerprint density at radius 2 is 1.77 bits per heavy atom. The molecule has 4 heteroatoms. The minimum atomic E-state index is -0.160. The zero-order valence-corrected chi connectivity index (χ0v) is 12.8. The second kappa shape index (κ2) is 6.80. The first kappa shape index (κ1) is 15.6. The van der Waals surface area contributed by atoms with E-state index in [4.69, 9.17) is 9.47 Å². The number of rotatable bonds is 5. The predicted molar refractivity (Wildman–Crippen MR) is 85.8 cm³/mol. The van der Waals surface area contributed by atoms with Crippen LogP contribution in [0.4, 0.5) is 0 Å². The predicted octanol–water partition coefficient (Wildman–Crippen LogP) is 3.61. The molecule has 22 heavy (non-hydrogen) atoms. The van der Waals surface area contributed by atoms with E-state index in [1.807, 2.05) is 19.1 Å². The van der Waals surface area contributed by atoms with E-state index in [9.17, 15) is 9.90 Å². The van der Waals surface area contributed by atoms with Gasteiger partial charge in [0.2, 0.25) is 0 Å². The number of benzene rings is 2. The Morgan fingerprint density at radius 1 is 1.05 bits per heavy atom. The molecule has 2 aromatic rings. The summed E-state index contributed by atoms with van der Waals surface area (Å²) < 4.78 is 10.2. The monoisotopic (exact) mass is 298 g/mol. The van der Waals surface area contributed by atoms with E-state index >= 15 is 0 Å². The van der Waals surface area contributed by atoms with Gasteiger partial charge in [-0.2, -0.15) is 0 Å². The molecule has 2 aromatic carbocycles. The van der Waals surface area contributed by atoms with Crippen molar-refractivity contribution >= 4 is 11.9 Å². The van der Waals surface area contributed by atoms with Crippen molar-refractivity contribution in [3.8, 4) is 17.2 Å². The second-order valence-electron chi connectivity index (χ2n) is 4.83. The molecule has 0 aliphatic carbocycles. The highest BCUT2D eigenvalue weighted by Crippen LogP contribution is 2.27. The lowest BCUT2D eigenvalue weighted by Crippen LogP contribution is -1.99. The standard InChI is InChI=1S/C18H18O4/c1-12-4-7-14(18(10-12)22-3)15(19)8-5-13-6-9-17(21-2)16(20)11-13/h4-11,20H,1-3H3. The maximum absolute atomic E-state index is 12.3. The summed E-state index contributed by atoms with van der Waals surface area (Å²) in [6.45, 7) is 1.94. The maximum atomic E-state index is 12.3. The Hall–Kier alpha value is -2.75. The number of allylic oxidation sites excluding steroid dienone is 1. The van der Waals surface area contributed by atoms with E-state index in [1.54, 1.807) is 24.3 Å². The number of ether oxygens (including phenoxy) is 2. The van der Waals surface area contributed by atoms with Crippen LogP contribution >= 0.6 is 0 Å². The molecular weight excluding hydrogens is 280 g/mol. The van der Waals surface area contributed by atoms with Crippen molar-refractivity contribution in [1.29, 1.82) is 0 Å². The molecule has 0 amide bonds. The van der Waals surface area contributed by atoms with Gasteiger partial charge in [0.25, 0.3) is 0 Å². The fourth-order valence-corrected chi connectivity index (χ4v) is 2.07. The first-order chi connectivity index (χ1) is 10.5. The van der Waals surface area contributed by atoms with Crippen molar-refractivity contribution in [3.63, 3.8) is 0 Å². The first-order valence-electron chi connectivity index (χ1n) is 6.79. The molecule has 0 spiro atoms. The number of phenols is 1. The highest BCUT2D eigenvalue weighted by molar-refractivity contribution is 6.08. The van der Waals surface area contributed by atoms with E-state index < -0.39 is 0 Å². The molecule has 114 valence electrons. The molecule has 2 rings (SSSR count). The zero-order valence-electron chi connectivity index (χ0n) is 12.8. The van der Waals surface area contributed by atoms with Gasteiger partial charge in [0.1, 0.15) is 5.75 Å². The van der Waals surface area contributed by atoms with Gasteiger partial charge in [-0.25, -0.2) is 0 Å².